The first-order chi connectivity index (χ1) is 10.7. The van der Waals surface area contributed by atoms with Crippen LogP contribution in [-0.2, 0) is 23.8 Å². The second-order valence-corrected chi connectivity index (χ2v) is 4.97. The van der Waals surface area contributed by atoms with Gasteiger partial charge >= 0.3 is 5.97 Å². The van der Waals surface area contributed by atoms with Crippen molar-refractivity contribution in [1.29, 1.82) is 0 Å². The number of carbonyl (C=O) groups is 2. The predicted octanol–water partition coefficient (Wildman–Crippen LogP) is 1.83. The number of carbonyl (C=O) groups excluding carboxylic acids is 2. The van der Waals surface area contributed by atoms with Crippen molar-refractivity contribution in [1.82, 2.24) is 5.32 Å². The number of allylic oxidation sites excluding steroid dienone is 1. The highest BCUT2D eigenvalue weighted by Crippen LogP contribution is 2.08. The zero-order valence-corrected chi connectivity index (χ0v) is 13.8. The fourth-order valence-corrected chi connectivity index (χ4v) is 1.93. The molecule has 0 fully saturated rings. The van der Waals surface area contributed by atoms with E-state index in [1.54, 1.807) is 7.11 Å². The molecule has 0 heterocycles. The molecule has 6 nitrogen and oxygen atoms in total. The van der Waals surface area contributed by atoms with Crippen LogP contribution in [0.3, 0.4) is 0 Å². The van der Waals surface area contributed by atoms with E-state index in [4.69, 9.17) is 14.2 Å². The lowest BCUT2D eigenvalue weighted by Crippen LogP contribution is -2.43. The Balaban J connectivity index is 3.98. The van der Waals surface area contributed by atoms with E-state index in [1.807, 2.05) is 6.08 Å². The summed E-state index contributed by atoms with van der Waals surface area (Å²) < 4.78 is 14.7. The molecule has 0 saturated heterocycles. The Labute approximate surface area is 133 Å². The van der Waals surface area contributed by atoms with E-state index in [2.05, 4.69) is 11.9 Å². The molecule has 1 amide bonds. The van der Waals surface area contributed by atoms with Gasteiger partial charge in [0.1, 0.15) is 12.6 Å². The molecule has 0 bridgehead atoms. The highest BCUT2D eigenvalue weighted by atomic mass is 16.5. The van der Waals surface area contributed by atoms with E-state index < -0.39 is 12.0 Å². The molecule has 0 spiro atoms. The first-order valence-corrected chi connectivity index (χ1v) is 7.70. The lowest BCUT2D eigenvalue weighted by atomic mass is 10.1. The van der Waals surface area contributed by atoms with Gasteiger partial charge in [0.05, 0.1) is 20.3 Å². The third-order valence-corrected chi connectivity index (χ3v) is 3.14. The van der Waals surface area contributed by atoms with E-state index in [9.17, 15) is 9.59 Å². The van der Waals surface area contributed by atoms with Crippen LogP contribution < -0.4 is 5.32 Å². The van der Waals surface area contributed by atoms with Crippen LogP contribution in [0, 0.1) is 0 Å². The summed E-state index contributed by atoms with van der Waals surface area (Å²) in [7, 11) is 2.88. The molecule has 0 radical (unpaired) electrons. The Morgan fingerprint density at radius 3 is 2.50 bits per heavy atom. The average Bonchev–Trinajstić information content (AvgIpc) is 2.53. The second-order valence-electron chi connectivity index (χ2n) is 4.97. The minimum absolute atomic E-state index is 0.0871. The van der Waals surface area contributed by atoms with Gasteiger partial charge in [-0.3, -0.25) is 4.79 Å². The Morgan fingerprint density at radius 1 is 1.14 bits per heavy atom. The zero-order chi connectivity index (χ0) is 16.6. The lowest BCUT2D eigenvalue weighted by molar-refractivity contribution is -0.146. The minimum Gasteiger partial charge on any atom is -0.467 e. The molecular weight excluding hydrogens is 286 g/mol. The molecule has 1 N–H and O–H groups in total. The van der Waals surface area contributed by atoms with Gasteiger partial charge in [-0.15, -0.1) is 6.58 Å². The maximum absolute atomic E-state index is 11.7. The maximum atomic E-state index is 11.7. The summed E-state index contributed by atoms with van der Waals surface area (Å²) in [6.45, 7) is 4.37. The van der Waals surface area contributed by atoms with Crippen molar-refractivity contribution in [2.75, 3.05) is 34.0 Å². The Bertz CT molecular complexity index is 320. The Kier molecular flexibility index (Phi) is 13.6. The normalized spacial score (nSPS) is 11.7. The highest BCUT2D eigenvalue weighted by molar-refractivity contribution is 5.84. The van der Waals surface area contributed by atoms with Gasteiger partial charge in [0, 0.05) is 7.11 Å². The molecule has 0 aromatic heterocycles. The molecule has 1 atom stereocenters. The monoisotopic (exact) mass is 315 g/mol. The molecule has 0 unspecified atom stereocenters. The number of ether oxygens (including phenoxy) is 3. The van der Waals surface area contributed by atoms with Crippen LogP contribution in [-0.4, -0.2) is 52.0 Å². The fraction of sp³-hybridized carbons (Fsp3) is 0.750. The van der Waals surface area contributed by atoms with Gasteiger partial charge in [0.15, 0.2) is 0 Å². The van der Waals surface area contributed by atoms with Crippen LogP contribution in [0.5, 0.6) is 0 Å². The first kappa shape index (κ1) is 20.6. The number of unbranched alkanes of at least 4 members (excludes halogenated alkanes) is 4. The van der Waals surface area contributed by atoms with E-state index in [0.717, 1.165) is 32.1 Å². The fourth-order valence-electron chi connectivity index (χ4n) is 1.93. The third kappa shape index (κ3) is 11.3. The van der Waals surface area contributed by atoms with Crippen molar-refractivity contribution in [2.45, 2.75) is 44.6 Å². The van der Waals surface area contributed by atoms with E-state index in [-0.39, 0.29) is 12.5 Å². The summed E-state index contributed by atoms with van der Waals surface area (Å²) in [5, 5.41) is 2.65. The van der Waals surface area contributed by atoms with Crippen LogP contribution in [0.15, 0.2) is 12.7 Å². The molecule has 22 heavy (non-hydrogen) atoms. The Hall–Kier alpha value is -1.40. The smallest absolute Gasteiger partial charge is 0.328 e. The van der Waals surface area contributed by atoms with Crippen LogP contribution in [0.25, 0.3) is 0 Å². The molecule has 0 rings (SSSR count). The van der Waals surface area contributed by atoms with Gasteiger partial charge in [0.2, 0.25) is 5.91 Å². The van der Waals surface area contributed by atoms with E-state index in [1.165, 1.54) is 7.11 Å². The van der Waals surface area contributed by atoms with Crippen molar-refractivity contribution < 1.29 is 23.8 Å². The van der Waals surface area contributed by atoms with Crippen LogP contribution in [0.4, 0.5) is 0 Å². The summed E-state index contributed by atoms with van der Waals surface area (Å²) in [5.74, 6) is -0.741. The van der Waals surface area contributed by atoms with E-state index >= 15 is 0 Å². The predicted molar refractivity (Wildman–Crippen MR) is 84.5 cm³/mol. The summed E-state index contributed by atoms with van der Waals surface area (Å²) >= 11 is 0. The van der Waals surface area contributed by atoms with Crippen molar-refractivity contribution in [3.8, 4) is 0 Å². The molecule has 0 aliphatic carbocycles. The second kappa shape index (κ2) is 14.5. The molecule has 128 valence electrons. The number of esters is 1. The van der Waals surface area contributed by atoms with Crippen LogP contribution in [0.2, 0.25) is 0 Å². The Morgan fingerprint density at radius 2 is 1.86 bits per heavy atom. The topological polar surface area (TPSA) is 73.9 Å². The van der Waals surface area contributed by atoms with Crippen molar-refractivity contribution in [3.63, 3.8) is 0 Å². The number of hydrogen-bond acceptors (Lipinski definition) is 5. The number of methoxy groups -OCH3 is 2. The highest BCUT2D eigenvalue weighted by Gasteiger charge is 2.20. The first-order valence-electron chi connectivity index (χ1n) is 7.70. The average molecular weight is 315 g/mol. The van der Waals surface area contributed by atoms with Crippen molar-refractivity contribution in [3.05, 3.63) is 12.7 Å². The molecule has 6 heteroatoms. The van der Waals surface area contributed by atoms with Gasteiger partial charge in [-0.1, -0.05) is 25.3 Å². The number of nitrogens with one attached hydrogen (secondary N) is 1. The van der Waals surface area contributed by atoms with Gasteiger partial charge in [-0.25, -0.2) is 4.79 Å². The third-order valence-electron chi connectivity index (χ3n) is 3.14. The summed E-state index contributed by atoms with van der Waals surface area (Å²) in [5.41, 5.74) is 0. The summed E-state index contributed by atoms with van der Waals surface area (Å²) in [6.07, 6.45) is 7.56. The zero-order valence-electron chi connectivity index (χ0n) is 13.8. The molecular formula is C16H29NO5. The molecule has 0 aliphatic heterocycles. The van der Waals surface area contributed by atoms with Gasteiger partial charge in [0.25, 0.3) is 0 Å². The summed E-state index contributed by atoms with van der Waals surface area (Å²) in [6, 6.07) is -0.608. The molecule has 0 aliphatic rings. The number of amides is 1. The van der Waals surface area contributed by atoms with Gasteiger partial charge < -0.3 is 19.5 Å². The SMILES string of the molecule is C=CCCCCCC[C@H](NC(=O)COCCOC)C(=O)OC. The lowest BCUT2D eigenvalue weighted by Gasteiger charge is -2.16. The van der Waals surface area contributed by atoms with E-state index in [0.29, 0.717) is 19.6 Å². The molecule has 0 aromatic rings. The largest absolute Gasteiger partial charge is 0.467 e. The summed E-state index contributed by atoms with van der Waals surface area (Å²) in [4.78, 5) is 23.4. The van der Waals surface area contributed by atoms with Crippen LogP contribution in [0.1, 0.15) is 38.5 Å². The molecule has 0 aromatic carbocycles. The quantitative estimate of drug-likeness (QED) is 0.301. The van der Waals surface area contributed by atoms with Crippen molar-refractivity contribution in [2.24, 2.45) is 0 Å². The van der Waals surface area contributed by atoms with Crippen LogP contribution >= 0.6 is 0 Å². The van der Waals surface area contributed by atoms with Gasteiger partial charge in [-0.2, -0.15) is 0 Å². The van der Waals surface area contributed by atoms with Crippen molar-refractivity contribution >= 4 is 11.9 Å². The number of rotatable bonds is 14. The molecule has 0 saturated carbocycles. The standard InChI is InChI=1S/C16H29NO5/c1-4-5-6-7-8-9-10-14(16(19)21-3)17-15(18)13-22-12-11-20-2/h4,14H,1,5-13H2,2-3H3,(H,17,18)/t14-/m0/s1. The minimum atomic E-state index is -0.608. The maximum Gasteiger partial charge on any atom is 0.328 e. The number of hydrogen-bond donors (Lipinski definition) is 1. The van der Waals surface area contributed by atoms with Gasteiger partial charge in [-0.05, 0) is 19.3 Å².